The number of aromatic nitrogens is 1. The fourth-order valence-electron chi connectivity index (χ4n) is 2.40. The summed E-state index contributed by atoms with van der Waals surface area (Å²) < 4.78 is 9.94. The van der Waals surface area contributed by atoms with E-state index in [9.17, 15) is 14.7 Å². The van der Waals surface area contributed by atoms with E-state index in [1.54, 1.807) is 32.9 Å². The number of amides is 1. The minimum absolute atomic E-state index is 0.0690. The summed E-state index contributed by atoms with van der Waals surface area (Å²) in [6.45, 7) is 5.78. The highest BCUT2D eigenvalue weighted by molar-refractivity contribution is 5.87. The maximum Gasteiger partial charge on any atom is 0.410 e. The first-order chi connectivity index (χ1) is 10.6. The minimum atomic E-state index is -1.30. The van der Waals surface area contributed by atoms with Crippen molar-refractivity contribution in [1.82, 2.24) is 9.88 Å². The molecule has 1 aromatic rings. The zero-order chi connectivity index (χ0) is 17.3. The number of methoxy groups -OCH3 is 1. The molecule has 23 heavy (non-hydrogen) atoms. The lowest BCUT2D eigenvalue weighted by Crippen LogP contribution is -2.38. The van der Waals surface area contributed by atoms with Crippen molar-refractivity contribution in [2.45, 2.75) is 38.4 Å². The van der Waals surface area contributed by atoms with Crippen LogP contribution < -0.4 is 0 Å². The minimum Gasteiger partial charge on any atom is -0.464 e. The highest BCUT2D eigenvalue weighted by atomic mass is 16.6. The van der Waals surface area contributed by atoms with Crippen molar-refractivity contribution in [1.29, 1.82) is 0 Å². The standard InChI is InChI=1S/C16H22N2O5/c1-15(2,3)23-14(20)18-9-8-16(21,10-18)12-7-5-6-11(17-12)13(19)22-4/h5-7,21H,8-10H2,1-4H3. The van der Waals surface area contributed by atoms with Gasteiger partial charge in [0.1, 0.15) is 16.9 Å². The van der Waals surface area contributed by atoms with Gasteiger partial charge in [0.05, 0.1) is 19.3 Å². The number of carbonyl (C=O) groups excluding carboxylic acids is 2. The molecule has 0 radical (unpaired) electrons. The van der Waals surface area contributed by atoms with Gasteiger partial charge in [-0.3, -0.25) is 0 Å². The summed E-state index contributed by atoms with van der Waals surface area (Å²) in [6, 6.07) is 4.77. The summed E-state index contributed by atoms with van der Waals surface area (Å²) in [5, 5.41) is 10.8. The molecule has 1 aliphatic heterocycles. The van der Waals surface area contributed by atoms with Crippen molar-refractivity contribution in [3.05, 3.63) is 29.6 Å². The van der Waals surface area contributed by atoms with Gasteiger partial charge in [-0.25, -0.2) is 14.6 Å². The maximum atomic E-state index is 12.1. The van der Waals surface area contributed by atoms with Crippen LogP contribution in [0.5, 0.6) is 0 Å². The van der Waals surface area contributed by atoms with Crippen LogP contribution in [0.1, 0.15) is 43.4 Å². The van der Waals surface area contributed by atoms with Gasteiger partial charge in [-0.2, -0.15) is 0 Å². The molecule has 0 aliphatic carbocycles. The van der Waals surface area contributed by atoms with E-state index in [-0.39, 0.29) is 12.2 Å². The van der Waals surface area contributed by atoms with Crippen LogP contribution in [0, 0.1) is 0 Å². The van der Waals surface area contributed by atoms with Gasteiger partial charge in [0, 0.05) is 13.0 Å². The number of esters is 1. The third kappa shape index (κ3) is 3.98. The molecular formula is C16H22N2O5. The van der Waals surface area contributed by atoms with Crippen LogP contribution >= 0.6 is 0 Å². The normalized spacial score (nSPS) is 21.2. The van der Waals surface area contributed by atoms with E-state index < -0.39 is 23.3 Å². The molecule has 0 bridgehead atoms. The Bertz CT molecular complexity index is 611. The monoisotopic (exact) mass is 322 g/mol. The number of carbonyl (C=O) groups is 2. The first kappa shape index (κ1) is 17.2. The van der Waals surface area contributed by atoms with E-state index in [2.05, 4.69) is 9.72 Å². The Morgan fingerprint density at radius 2 is 2.04 bits per heavy atom. The quantitative estimate of drug-likeness (QED) is 0.834. The van der Waals surface area contributed by atoms with Gasteiger partial charge in [0.25, 0.3) is 0 Å². The van der Waals surface area contributed by atoms with Crippen LogP contribution in [0.25, 0.3) is 0 Å². The molecule has 1 N–H and O–H groups in total. The summed E-state index contributed by atoms with van der Waals surface area (Å²) in [6.07, 6.45) is -0.151. The van der Waals surface area contributed by atoms with Crippen LogP contribution in [0.3, 0.4) is 0 Å². The van der Waals surface area contributed by atoms with Crippen LogP contribution in [-0.2, 0) is 15.1 Å². The third-order valence-electron chi connectivity index (χ3n) is 3.52. The van der Waals surface area contributed by atoms with Crippen molar-refractivity contribution in [3.63, 3.8) is 0 Å². The molecule has 1 amide bonds. The summed E-state index contributed by atoms with van der Waals surface area (Å²) >= 11 is 0. The predicted octanol–water partition coefficient (Wildman–Crippen LogP) is 1.70. The van der Waals surface area contributed by atoms with Crippen LogP contribution in [0.2, 0.25) is 0 Å². The molecular weight excluding hydrogens is 300 g/mol. The lowest BCUT2D eigenvalue weighted by molar-refractivity contribution is 0.0125. The smallest absolute Gasteiger partial charge is 0.410 e. The Morgan fingerprint density at radius 1 is 1.35 bits per heavy atom. The van der Waals surface area contributed by atoms with Crippen LogP contribution in [0.4, 0.5) is 4.79 Å². The van der Waals surface area contributed by atoms with E-state index in [4.69, 9.17) is 4.74 Å². The van der Waals surface area contributed by atoms with Gasteiger partial charge in [-0.05, 0) is 32.9 Å². The number of nitrogens with zero attached hydrogens (tertiary/aromatic N) is 2. The number of aliphatic hydroxyl groups is 1. The second-order valence-electron chi connectivity index (χ2n) is 6.58. The topological polar surface area (TPSA) is 89.0 Å². The third-order valence-corrected chi connectivity index (χ3v) is 3.52. The predicted molar refractivity (Wildman–Crippen MR) is 81.9 cm³/mol. The molecule has 1 aromatic heterocycles. The molecule has 1 saturated heterocycles. The van der Waals surface area contributed by atoms with E-state index in [0.717, 1.165) is 0 Å². The lowest BCUT2D eigenvalue weighted by atomic mass is 9.98. The molecule has 2 rings (SSSR count). The maximum absolute atomic E-state index is 12.1. The van der Waals surface area contributed by atoms with Crippen molar-refractivity contribution in [2.75, 3.05) is 20.2 Å². The highest BCUT2D eigenvalue weighted by Crippen LogP contribution is 2.31. The Hall–Kier alpha value is -2.15. The van der Waals surface area contributed by atoms with E-state index in [0.29, 0.717) is 18.7 Å². The van der Waals surface area contributed by atoms with E-state index in [1.807, 2.05) is 0 Å². The summed E-state index contributed by atoms with van der Waals surface area (Å²) in [5.41, 5.74) is -1.44. The van der Waals surface area contributed by atoms with Crippen molar-refractivity contribution >= 4 is 12.1 Å². The number of likely N-dealkylation sites (tertiary alicyclic amines) is 1. The number of hydrogen-bond acceptors (Lipinski definition) is 6. The Morgan fingerprint density at radius 3 is 2.65 bits per heavy atom. The molecule has 0 spiro atoms. The number of hydrogen-bond donors (Lipinski definition) is 1. The SMILES string of the molecule is COC(=O)c1cccc(C2(O)CCN(C(=O)OC(C)(C)C)C2)n1. The van der Waals surface area contributed by atoms with Gasteiger partial charge in [0.2, 0.25) is 0 Å². The lowest BCUT2D eigenvalue weighted by Gasteiger charge is -2.26. The van der Waals surface area contributed by atoms with Crippen molar-refractivity contribution < 1.29 is 24.2 Å². The average Bonchev–Trinajstić information content (AvgIpc) is 2.89. The van der Waals surface area contributed by atoms with Crippen molar-refractivity contribution in [2.24, 2.45) is 0 Å². The number of rotatable bonds is 2. The van der Waals surface area contributed by atoms with Gasteiger partial charge < -0.3 is 19.5 Å². The van der Waals surface area contributed by atoms with Gasteiger partial charge in [0.15, 0.2) is 0 Å². The summed E-state index contributed by atoms with van der Waals surface area (Å²) in [5.74, 6) is -0.572. The average molecular weight is 322 g/mol. The van der Waals surface area contributed by atoms with Gasteiger partial charge >= 0.3 is 12.1 Å². The molecule has 1 aliphatic rings. The number of ether oxygens (including phenoxy) is 2. The Labute approximate surface area is 135 Å². The molecule has 0 saturated carbocycles. The zero-order valence-corrected chi connectivity index (χ0v) is 13.8. The fraction of sp³-hybridized carbons (Fsp3) is 0.562. The van der Waals surface area contributed by atoms with E-state index in [1.165, 1.54) is 18.1 Å². The molecule has 7 nitrogen and oxygen atoms in total. The second kappa shape index (κ2) is 6.16. The summed E-state index contributed by atoms with van der Waals surface area (Å²) in [7, 11) is 1.27. The van der Waals surface area contributed by atoms with Gasteiger partial charge in [-0.1, -0.05) is 6.07 Å². The van der Waals surface area contributed by atoms with Crippen molar-refractivity contribution in [3.8, 4) is 0 Å². The van der Waals surface area contributed by atoms with E-state index >= 15 is 0 Å². The first-order valence-electron chi connectivity index (χ1n) is 7.41. The first-order valence-corrected chi connectivity index (χ1v) is 7.41. The van der Waals surface area contributed by atoms with Gasteiger partial charge in [-0.15, -0.1) is 0 Å². The molecule has 1 unspecified atom stereocenters. The van der Waals surface area contributed by atoms with Crippen LogP contribution in [0.15, 0.2) is 18.2 Å². The second-order valence-corrected chi connectivity index (χ2v) is 6.58. The Balaban J connectivity index is 2.15. The molecule has 126 valence electrons. The molecule has 1 fully saturated rings. The molecule has 7 heteroatoms. The van der Waals surface area contributed by atoms with Crippen LogP contribution in [-0.4, -0.2) is 52.9 Å². The Kier molecular flexibility index (Phi) is 4.61. The fourth-order valence-corrected chi connectivity index (χ4v) is 2.40. The summed E-state index contributed by atoms with van der Waals surface area (Å²) in [4.78, 5) is 29.3. The molecule has 1 atom stereocenters. The largest absolute Gasteiger partial charge is 0.464 e. The highest BCUT2D eigenvalue weighted by Gasteiger charge is 2.42. The number of pyridine rings is 1. The molecule has 0 aromatic carbocycles. The zero-order valence-electron chi connectivity index (χ0n) is 13.8. The molecule has 2 heterocycles. The number of β-amino-alcohol motifs (C(OH)–C–C–N with tert-alkyl or cyclic N) is 1.